The SMILES string of the molecule is CCOC(=O)C1C=NN2C1NC(c1cccc(OC)c1O)CC2(C)c1ccc(Cl)cc1. The molecule has 7 nitrogen and oxygen atoms in total. The maximum atomic E-state index is 12.6. The number of esters is 1. The summed E-state index contributed by atoms with van der Waals surface area (Å²) in [6, 6.07) is 12.8. The minimum atomic E-state index is -0.567. The quantitative estimate of drug-likeness (QED) is 0.684. The number of nitrogens with one attached hydrogen (secondary N) is 1. The molecule has 2 N–H and O–H groups in total. The van der Waals surface area contributed by atoms with E-state index in [0.717, 1.165) is 5.56 Å². The Balaban J connectivity index is 1.78. The summed E-state index contributed by atoms with van der Waals surface area (Å²) < 4.78 is 10.6. The van der Waals surface area contributed by atoms with Crippen LogP contribution in [0, 0.1) is 5.92 Å². The van der Waals surface area contributed by atoms with E-state index in [0.29, 0.717) is 29.4 Å². The van der Waals surface area contributed by atoms with Gasteiger partial charge in [0.25, 0.3) is 0 Å². The average Bonchev–Trinajstić information content (AvgIpc) is 3.19. The monoisotopic (exact) mass is 443 g/mol. The van der Waals surface area contributed by atoms with Gasteiger partial charge in [-0.25, -0.2) is 0 Å². The number of hydrogen-bond donors (Lipinski definition) is 2. The van der Waals surface area contributed by atoms with Gasteiger partial charge >= 0.3 is 5.97 Å². The molecule has 2 aromatic rings. The molecule has 4 atom stereocenters. The molecule has 0 saturated carbocycles. The van der Waals surface area contributed by atoms with Crippen LogP contribution in [0.25, 0.3) is 0 Å². The number of carbonyl (C=O) groups excluding carboxylic acids is 1. The number of carbonyl (C=O) groups is 1. The topological polar surface area (TPSA) is 83.4 Å². The van der Waals surface area contributed by atoms with Crippen molar-refractivity contribution >= 4 is 23.8 Å². The molecule has 164 valence electrons. The number of phenols is 1. The Labute approximate surface area is 186 Å². The second-order valence-electron chi connectivity index (χ2n) is 7.93. The van der Waals surface area contributed by atoms with Crippen molar-refractivity contribution in [3.8, 4) is 11.5 Å². The molecule has 1 fully saturated rings. The maximum Gasteiger partial charge on any atom is 0.318 e. The highest BCUT2D eigenvalue weighted by Gasteiger charge is 2.51. The zero-order chi connectivity index (χ0) is 22.2. The summed E-state index contributed by atoms with van der Waals surface area (Å²) in [5.41, 5.74) is 1.16. The van der Waals surface area contributed by atoms with Crippen molar-refractivity contribution < 1.29 is 19.4 Å². The molecule has 2 heterocycles. The minimum absolute atomic E-state index is 0.0843. The summed E-state index contributed by atoms with van der Waals surface area (Å²) in [7, 11) is 1.52. The van der Waals surface area contributed by atoms with Gasteiger partial charge < -0.3 is 14.6 Å². The van der Waals surface area contributed by atoms with Gasteiger partial charge in [0.05, 0.1) is 19.3 Å². The zero-order valence-electron chi connectivity index (χ0n) is 17.7. The third-order valence-electron chi connectivity index (χ3n) is 6.08. The van der Waals surface area contributed by atoms with Gasteiger partial charge in [-0.3, -0.25) is 15.1 Å². The van der Waals surface area contributed by atoms with Crippen LogP contribution in [-0.4, -0.2) is 42.2 Å². The molecule has 1 saturated heterocycles. The summed E-state index contributed by atoms with van der Waals surface area (Å²) in [4.78, 5) is 12.6. The molecule has 4 unspecified atom stereocenters. The number of nitrogens with zero attached hydrogens (tertiary/aromatic N) is 2. The first-order valence-corrected chi connectivity index (χ1v) is 10.6. The van der Waals surface area contributed by atoms with Crippen molar-refractivity contribution in [1.82, 2.24) is 10.3 Å². The van der Waals surface area contributed by atoms with Crippen molar-refractivity contribution in [2.45, 2.75) is 38.0 Å². The molecule has 0 aromatic heterocycles. The summed E-state index contributed by atoms with van der Waals surface area (Å²) >= 11 is 6.12. The van der Waals surface area contributed by atoms with Crippen LogP contribution >= 0.6 is 11.6 Å². The molecule has 0 radical (unpaired) electrons. The first-order chi connectivity index (χ1) is 14.9. The molecule has 4 rings (SSSR count). The Morgan fingerprint density at radius 3 is 2.74 bits per heavy atom. The van der Waals surface area contributed by atoms with Crippen LogP contribution in [0.3, 0.4) is 0 Å². The second kappa shape index (κ2) is 8.40. The van der Waals surface area contributed by atoms with Gasteiger partial charge in [-0.2, -0.15) is 5.10 Å². The Bertz CT molecular complexity index is 997. The number of aromatic hydroxyl groups is 1. The predicted molar refractivity (Wildman–Crippen MR) is 118 cm³/mol. The fourth-order valence-electron chi connectivity index (χ4n) is 4.49. The highest BCUT2D eigenvalue weighted by molar-refractivity contribution is 6.30. The largest absolute Gasteiger partial charge is 0.504 e. The zero-order valence-corrected chi connectivity index (χ0v) is 18.5. The first kappa shape index (κ1) is 21.5. The molecule has 8 heteroatoms. The van der Waals surface area contributed by atoms with Crippen LogP contribution in [-0.2, 0) is 15.1 Å². The van der Waals surface area contributed by atoms with Crippen molar-refractivity contribution in [3.05, 3.63) is 58.6 Å². The number of methoxy groups -OCH3 is 1. The number of phenolic OH excluding ortho intramolecular Hbond substituents is 1. The fraction of sp³-hybridized carbons (Fsp3) is 0.391. The normalized spacial score (nSPS) is 27.1. The third kappa shape index (κ3) is 3.72. The number of fused-ring (bicyclic) bond motifs is 1. The first-order valence-electron chi connectivity index (χ1n) is 10.3. The number of halogens is 1. The number of benzene rings is 2. The second-order valence-corrected chi connectivity index (χ2v) is 8.37. The van der Waals surface area contributed by atoms with Crippen molar-refractivity contribution in [3.63, 3.8) is 0 Å². The lowest BCUT2D eigenvalue weighted by molar-refractivity contribution is -0.149. The van der Waals surface area contributed by atoms with Crippen LogP contribution in [0.2, 0.25) is 5.02 Å². The fourth-order valence-corrected chi connectivity index (χ4v) is 4.61. The minimum Gasteiger partial charge on any atom is -0.504 e. The van der Waals surface area contributed by atoms with E-state index in [1.165, 1.54) is 7.11 Å². The van der Waals surface area contributed by atoms with Gasteiger partial charge in [0.2, 0.25) is 0 Å². The Kier molecular flexibility index (Phi) is 5.81. The number of hydrogen-bond acceptors (Lipinski definition) is 7. The Hall–Kier alpha value is -2.77. The molecule has 2 aliphatic rings. The lowest BCUT2D eigenvalue weighted by Gasteiger charge is -2.50. The number of ether oxygens (including phenoxy) is 2. The highest BCUT2D eigenvalue weighted by Crippen LogP contribution is 2.47. The predicted octanol–water partition coefficient (Wildman–Crippen LogP) is 3.81. The van der Waals surface area contributed by atoms with E-state index < -0.39 is 17.6 Å². The van der Waals surface area contributed by atoms with Crippen LogP contribution in [0.4, 0.5) is 0 Å². The molecule has 31 heavy (non-hydrogen) atoms. The van der Waals surface area contributed by atoms with Crippen LogP contribution < -0.4 is 10.1 Å². The lowest BCUT2D eigenvalue weighted by Crippen LogP contribution is -2.60. The molecule has 2 aliphatic heterocycles. The lowest BCUT2D eigenvalue weighted by atomic mass is 9.79. The molecular weight excluding hydrogens is 418 g/mol. The van der Waals surface area contributed by atoms with Gasteiger partial charge in [0, 0.05) is 22.8 Å². The maximum absolute atomic E-state index is 12.6. The summed E-state index contributed by atoms with van der Waals surface area (Å²) in [6.07, 6.45) is 1.81. The summed E-state index contributed by atoms with van der Waals surface area (Å²) in [5, 5.41) is 21.5. The highest BCUT2D eigenvalue weighted by atomic mass is 35.5. The molecule has 0 amide bonds. The van der Waals surface area contributed by atoms with E-state index in [4.69, 9.17) is 21.1 Å². The van der Waals surface area contributed by atoms with Gasteiger partial charge in [-0.15, -0.1) is 0 Å². The van der Waals surface area contributed by atoms with E-state index in [1.54, 1.807) is 19.2 Å². The summed E-state index contributed by atoms with van der Waals surface area (Å²) in [5.74, 6) is -0.414. The summed E-state index contributed by atoms with van der Waals surface area (Å²) in [6.45, 7) is 4.16. The van der Waals surface area contributed by atoms with Crippen LogP contribution in [0.1, 0.15) is 37.4 Å². The Morgan fingerprint density at radius 2 is 2.06 bits per heavy atom. The van der Waals surface area contributed by atoms with Gasteiger partial charge in [-0.1, -0.05) is 35.9 Å². The van der Waals surface area contributed by atoms with Crippen molar-refractivity contribution in [2.24, 2.45) is 11.0 Å². The standard InChI is InChI=1S/C23H26ClN3O4/c1-4-31-22(29)17-13-25-27-21(17)26-18(16-6-5-7-19(30-3)20(16)28)12-23(27,2)14-8-10-15(24)11-9-14/h5-11,13,17-18,21,26,28H,4,12H2,1-3H3. The van der Waals surface area contributed by atoms with Gasteiger partial charge in [0.1, 0.15) is 12.1 Å². The number of para-hydroxylation sites is 1. The van der Waals surface area contributed by atoms with E-state index >= 15 is 0 Å². The molecular formula is C23H26ClN3O4. The van der Waals surface area contributed by atoms with E-state index in [-0.39, 0.29) is 17.8 Å². The van der Waals surface area contributed by atoms with E-state index in [1.807, 2.05) is 41.4 Å². The van der Waals surface area contributed by atoms with Crippen LogP contribution in [0.5, 0.6) is 11.5 Å². The number of hydrazone groups is 1. The van der Waals surface area contributed by atoms with Crippen LogP contribution in [0.15, 0.2) is 47.6 Å². The van der Waals surface area contributed by atoms with E-state index in [2.05, 4.69) is 17.3 Å². The third-order valence-corrected chi connectivity index (χ3v) is 6.34. The van der Waals surface area contributed by atoms with E-state index in [9.17, 15) is 9.90 Å². The van der Waals surface area contributed by atoms with Gasteiger partial charge in [0.15, 0.2) is 11.5 Å². The smallest absolute Gasteiger partial charge is 0.318 e. The van der Waals surface area contributed by atoms with Crippen molar-refractivity contribution in [1.29, 1.82) is 0 Å². The average molecular weight is 444 g/mol. The Morgan fingerprint density at radius 1 is 1.32 bits per heavy atom. The number of rotatable bonds is 5. The molecule has 0 aliphatic carbocycles. The van der Waals surface area contributed by atoms with Crippen molar-refractivity contribution in [2.75, 3.05) is 13.7 Å². The molecule has 2 aromatic carbocycles. The molecule has 0 bridgehead atoms. The molecule has 0 spiro atoms. The van der Waals surface area contributed by atoms with Gasteiger partial charge in [-0.05, 0) is 44.0 Å².